The maximum Gasteiger partial charge on any atom is 0.0462 e. The Morgan fingerprint density at radius 3 is 2.75 bits per heavy atom. The highest BCUT2D eigenvalue weighted by Crippen LogP contribution is 2.17. The number of aryl methyl sites for hydroxylation is 1. The van der Waals surface area contributed by atoms with Crippen molar-refractivity contribution < 1.29 is 0 Å². The first kappa shape index (κ1) is 9.49. The highest BCUT2D eigenvalue weighted by molar-refractivity contribution is 5.85. The monoisotopic (exact) mass is 184 g/mol. The lowest BCUT2D eigenvalue weighted by Crippen LogP contribution is -2.40. The van der Waals surface area contributed by atoms with Crippen LogP contribution in [0.15, 0.2) is 18.3 Å². The lowest BCUT2D eigenvalue weighted by molar-refractivity contribution is 0.439. The molecule has 0 spiro atoms. The standard InChI is InChI=1S/C9H12N2.ClH/c1-7-2-3-11-9(4-7)8-5-10-6-8;/h2-4,8,10H,5-6H2,1H3;1H. The fraction of sp³-hybridized carbons (Fsp3) is 0.444. The summed E-state index contributed by atoms with van der Waals surface area (Å²) in [6.45, 7) is 4.30. The number of rotatable bonds is 1. The molecule has 1 saturated heterocycles. The molecule has 1 aromatic heterocycles. The van der Waals surface area contributed by atoms with E-state index in [4.69, 9.17) is 0 Å². The summed E-state index contributed by atoms with van der Waals surface area (Å²) in [5.74, 6) is 0.662. The summed E-state index contributed by atoms with van der Waals surface area (Å²) in [7, 11) is 0. The van der Waals surface area contributed by atoms with Crippen LogP contribution in [0.3, 0.4) is 0 Å². The number of hydrogen-bond acceptors (Lipinski definition) is 2. The average Bonchev–Trinajstić information content (AvgIpc) is 1.83. The molecule has 1 aliphatic rings. The van der Waals surface area contributed by atoms with Crippen molar-refractivity contribution in [2.45, 2.75) is 12.8 Å². The molecule has 1 fully saturated rings. The van der Waals surface area contributed by atoms with E-state index in [1.54, 1.807) is 0 Å². The second-order valence-corrected chi connectivity index (χ2v) is 3.11. The maximum atomic E-state index is 4.32. The van der Waals surface area contributed by atoms with Gasteiger partial charge in [-0.3, -0.25) is 4.98 Å². The number of aromatic nitrogens is 1. The number of nitrogens with zero attached hydrogens (tertiary/aromatic N) is 1. The molecule has 1 aliphatic heterocycles. The topological polar surface area (TPSA) is 24.9 Å². The molecule has 1 aromatic rings. The van der Waals surface area contributed by atoms with Gasteiger partial charge in [-0.1, -0.05) is 0 Å². The van der Waals surface area contributed by atoms with Gasteiger partial charge in [-0.25, -0.2) is 0 Å². The molecule has 12 heavy (non-hydrogen) atoms. The third-order valence-corrected chi connectivity index (χ3v) is 2.14. The van der Waals surface area contributed by atoms with E-state index >= 15 is 0 Å². The van der Waals surface area contributed by atoms with Crippen LogP contribution in [-0.2, 0) is 0 Å². The summed E-state index contributed by atoms with van der Waals surface area (Å²) in [6, 6.07) is 4.21. The van der Waals surface area contributed by atoms with Gasteiger partial charge in [0.2, 0.25) is 0 Å². The Balaban J connectivity index is 0.000000720. The molecular formula is C9H13ClN2. The molecule has 0 aliphatic carbocycles. The van der Waals surface area contributed by atoms with Gasteiger partial charge in [0.25, 0.3) is 0 Å². The molecule has 0 atom stereocenters. The van der Waals surface area contributed by atoms with E-state index in [1.807, 2.05) is 12.3 Å². The van der Waals surface area contributed by atoms with Crippen LogP contribution >= 0.6 is 12.4 Å². The average molecular weight is 185 g/mol. The molecule has 2 rings (SSSR count). The van der Waals surface area contributed by atoms with E-state index < -0.39 is 0 Å². The summed E-state index contributed by atoms with van der Waals surface area (Å²) in [4.78, 5) is 4.32. The van der Waals surface area contributed by atoms with Crippen LogP contribution in [0.5, 0.6) is 0 Å². The zero-order valence-electron chi connectivity index (χ0n) is 7.08. The maximum absolute atomic E-state index is 4.32. The number of nitrogens with one attached hydrogen (secondary N) is 1. The van der Waals surface area contributed by atoms with Crippen molar-refractivity contribution in [1.29, 1.82) is 0 Å². The van der Waals surface area contributed by atoms with Gasteiger partial charge in [0.15, 0.2) is 0 Å². The Morgan fingerprint density at radius 1 is 1.50 bits per heavy atom. The van der Waals surface area contributed by atoms with Gasteiger partial charge >= 0.3 is 0 Å². The normalized spacial score (nSPS) is 16.4. The zero-order valence-corrected chi connectivity index (χ0v) is 7.90. The van der Waals surface area contributed by atoms with E-state index in [1.165, 1.54) is 11.3 Å². The smallest absolute Gasteiger partial charge is 0.0462 e. The van der Waals surface area contributed by atoms with Crippen molar-refractivity contribution in [1.82, 2.24) is 10.3 Å². The molecule has 0 aromatic carbocycles. The predicted molar refractivity (Wildman–Crippen MR) is 51.8 cm³/mol. The minimum absolute atomic E-state index is 0. The minimum atomic E-state index is 0. The van der Waals surface area contributed by atoms with E-state index in [9.17, 15) is 0 Å². The first-order chi connectivity index (χ1) is 5.36. The number of halogens is 1. The van der Waals surface area contributed by atoms with Crippen LogP contribution in [0.25, 0.3) is 0 Å². The van der Waals surface area contributed by atoms with Gasteiger partial charge in [0, 0.05) is 30.9 Å². The molecule has 3 heteroatoms. The fourth-order valence-electron chi connectivity index (χ4n) is 1.28. The Labute approximate surface area is 78.8 Å². The van der Waals surface area contributed by atoms with Crippen LogP contribution in [0.4, 0.5) is 0 Å². The summed E-state index contributed by atoms with van der Waals surface area (Å²) >= 11 is 0. The first-order valence-electron chi connectivity index (χ1n) is 3.99. The SMILES string of the molecule is Cc1ccnc(C2CNC2)c1.Cl. The number of hydrogen-bond donors (Lipinski definition) is 1. The van der Waals surface area contributed by atoms with Gasteiger partial charge in [-0.15, -0.1) is 12.4 Å². The van der Waals surface area contributed by atoms with Crippen molar-refractivity contribution in [3.8, 4) is 0 Å². The molecule has 0 bridgehead atoms. The summed E-state index contributed by atoms with van der Waals surface area (Å²) < 4.78 is 0. The van der Waals surface area contributed by atoms with Gasteiger partial charge in [0.05, 0.1) is 0 Å². The molecular weight excluding hydrogens is 172 g/mol. The largest absolute Gasteiger partial charge is 0.315 e. The van der Waals surface area contributed by atoms with Gasteiger partial charge in [-0.05, 0) is 24.6 Å². The van der Waals surface area contributed by atoms with Gasteiger partial charge in [-0.2, -0.15) is 0 Å². The molecule has 2 nitrogen and oxygen atoms in total. The predicted octanol–water partition coefficient (Wildman–Crippen LogP) is 1.50. The molecule has 1 N–H and O–H groups in total. The Hall–Kier alpha value is -0.600. The van der Waals surface area contributed by atoms with Gasteiger partial charge in [0.1, 0.15) is 0 Å². The van der Waals surface area contributed by atoms with Crippen molar-refractivity contribution in [3.63, 3.8) is 0 Å². The molecule has 0 unspecified atom stereocenters. The van der Waals surface area contributed by atoms with Crippen molar-refractivity contribution in [2.24, 2.45) is 0 Å². The first-order valence-corrected chi connectivity index (χ1v) is 3.99. The van der Waals surface area contributed by atoms with Crippen molar-refractivity contribution in [2.75, 3.05) is 13.1 Å². The van der Waals surface area contributed by atoms with E-state index in [0.717, 1.165) is 13.1 Å². The highest BCUT2D eigenvalue weighted by atomic mass is 35.5. The van der Waals surface area contributed by atoms with E-state index in [0.29, 0.717) is 5.92 Å². The van der Waals surface area contributed by atoms with Crippen molar-refractivity contribution in [3.05, 3.63) is 29.6 Å². The Morgan fingerprint density at radius 2 is 2.25 bits per heavy atom. The lowest BCUT2D eigenvalue weighted by atomic mass is 9.98. The third-order valence-electron chi connectivity index (χ3n) is 2.14. The van der Waals surface area contributed by atoms with E-state index in [-0.39, 0.29) is 12.4 Å². The lowest BCUT2D eigenvalue weighted by Gasteiger charge is -2.26. The molecule has 0 saturated carbocycles. The van der Waals surface area contributed by atoms with Crippen LogP contribution in [0.2, 0.25) is 0 Å². The third kappa shape index (κ3) is 1.76. The second kappa shape index (κ2) is 3.87. The van der Waals surface area contributed by atoms with E-state index in [2.05, 4.69) is 23.3 Å². The molecule has 0 amide bonds. The summed E-state index contributed by atoms with van der Waals surface area (Å²) in [6.07, 6.45) is 1.89. The highest BCUT2D eigenvalue weighted by Gasteiger charge is 2.19. The van der Waals surface area contributed by atoms with Crippen LogP contribution < -0.4 is 5.32 Å². The number of pyridine rings is 1. The van der Waals surface area contributed by atoms with Gasteiger partial charge < -0.3 is 5.32 Å². The van der Waals surface area contributed by atoms with Crippen molar-refractivity contribution >= 4 is 12.4 Å². The minimum Gasteiger partial charge on any atom is -0.315 e. The zero-order chi connectivity index (χ0) is 7.68. The Bertz CT molecular complexity index is 258. The fourth-order valence-corrected chi connectivity index (χ4v) is 1.28. The molecule has 0 radical (unpaired) electrons. The Kier molecular flexibility index (Phi) is 3.06. The molecule has 66 valence electrons. The van der Waals surface area contributed by atoms with Crippen LogP contribution in [-0.4, -0.2) is 18.1 Å². The second-order valence-electron chi connectivity index (χ2n) is 3.11. The summed E-state index contributed by atoms with van der Waals surface area (Å²) in [5.41, 5.74) is 2.55. The summed E-state index contributed by atoms with van der Waals surface area (Å²) in [5, 5.41) is 3.24. The van der Waals surface area contributed by atoms with Crippen LogP contribution in [0.1, 0.15) is 17.2 Å². The van der Waals surface area contributed by atoms with Crippen LogP contribution in [0, 0.1) is 6.92 Å². The quantitative estimate of drug-likeness (QED) is 0.716. The molecule has 2 heterocycles.